The van der Waals surface area contributed by atoms with Crippen LogP contribution < -0.4 is 5.32 Å². The van der Waals surface area contributed by atoms with Gasteiger partial charge >= 0.3 is 0 Å². The van der Waals surface area contributed by atoms with Crippen molar-refractivity contribution in [3.05, 3.63) is 133 Å². The number of terminal acetylenes is 1. The van der Waals surface area contributed by atoms with E-state index in [2.05, 4.69) is 146 Å². The predicted octanol–water partition coefficient (Wildman–Crippen LogP) is 10.8. The highest BCUT2D eigenvalue weighted by atomic mass is 15.1. The Balaban J connectivity index is 0.00000161. The van der Waals surface area contributed by atoms with Crippen molar-refractivity contribution in [1.82, 2.24) is 4.57 Å². The minimum atomic E-state index is 0.345. The van der Waals surface area contributed by atoms with Crippen LogP contribution in [0.2, 0.25) is 0 Å². The average molecular weight is 559 g/mol. The van der Waals surface area contributed by atoms with Crippen LogP contribution >= 0.6 is 0 Å². The monoisotopic (exact) mass is 558 g/mol. The van der Waals surface area contributed by atoms with Gasteiger partial charge in [0.05, 0.1) is 5.52 Å². The van der Waals surface area contributed by atoms with E-state index in [-0.39, 0.29) is 0 Å². The van der Waals surface area contributed by atoms with Gasteiger partial charge in [0.15, 0.2) is 0 Å². The molecule has 2 heteroatoms. The van der Waals surface area contributed by atoms with Crippen LogP contribution in [-0.2, 0) is 6.42 Å². The zero-order valence-corrected chi connectivity index (χ0v) is 25.2. The van der Waals surface area contributed by atoms with Crippen molar-refractivity contribution >= 4 is 38.6 Å². The van der Waals surface area contributed by atoms with Gasteiger partial charge in [-0.05, 0) is 82.1 Å². The molecule has 7 rings (SSSR count). The van der Waals surface area contributed by atoms with Gasteiger partial charge in [-0.3, -0.25) is 4.57 Å². The molecular weight excluding hydrogens is 520 g/mol. The third kappa shape index (κ3) is 4.72. The number of hydrogen-bond acceptors (Lipinski definition) is 1. The molecule has 1 aromatic heterocycles. The number of nitrogens with zero attached hydrogens (tertiary/aromatic N) is 1. The van der Waals surface area contributed by atoms with Crippen LogP contribution in [0, 0.1) is 12.3 Å². The third-order valence-corrected chi connectivity index (χ3v) is 8.62. The highest BCUT2D eigenvalue weighted by Gasteiger charge is 2.24. The van der Waals surface area contributed by atoms with E-state index in [1.807, 2.05) is 0 Å². The molecule has 2 nitrogen and oxygen atoms in total. The molecule has 0 spiro atoms. The summed E-state index contributed by atoms with van der Waals surface area (Å²) >= 11 is 0. The number of hydrogen-bond donors (Lipinski definition) is 1. The molecule has 0 fully saturated rings. The molecule has 43 heavy (non-hydrogen) atoms. The lowest BCUT2D eigenvalue weighted by molar-refractivity contribution is 0.735. The molecule has 2 heterocycles. The lowest BCUT2D eigenvalue weighted by atomic mass is 9.93. The van der Waals surface area contributed by atoms with E-state index in [1.54, 1.807) is 0 Å². The van der Waals surface area contributed by atoms with Crippen molar-refractivity contribution in [3.8, 4) is 29.2 Å². The maximum Gasteiger partial charge on any atom is 0.115 e. The van der Waals surface area contributed by atoms with E-state index in [1.165, 1.54) is 72.1 Å². The number of allylic oxidation sites excluding steroid dienone is 5. The van der Waals surface area contributed by atoms with Crippen LogP contribution in [0.1, 0.15) is 49.8 Å². The fraction of sp³-hybridized carbons (Fsp3) is 0.171. The van der Waals surface area contributed by atoms with Gasteiger partial charge in [0, 0.05) is 29.1 Å². The maximum absolute atomic E-state index is 5.79. The quantitative estimate of drug-likeness (QED) is 0.162. The average Bonchev–Trinajstić information content (AvgIpc) is 3.42. The van der Waals surface area contributed by atoms with Crippen LogP contribution in [0.3, 0.4) is 0 Å². The van der Waals surface area contributed by atoms with Crippen molar-refractivity contribution in [2.75, 3.05) is 5.32 Å². The van der Waals surface area contributed by atoms with Crippen LogP contribution in [-0.4, -0.2) is 10.6 Å². The first-order valence-electron chi connectivity index (χ1n) is 15.3. The van der Waals surface area contributed by atoms with Gasteiger partial charge in [0.25, 0.3) is 0 Å². The summed E-state index contributed by atoms with van der Waals surface area (Å²) in [4.78, 5) is 0. The number of rotatable bonds is 6. The minimum Gasteiger partial charge on any atom is -0.365 e. The number of aromatic nitrogens is 1. The van der Waals surface area contributed by atoms with Gasteiger partial charge in [-0.1, -0.05) is 98.3 Å². The molecule has 212 valence electrons. The molecular formula is C41H38N2. The molecule has 4 aromatic carbocycles. The summed E-state index contributed by atoms with van der Waals surface area (Å²) in [6, 6.07) is 29.4. The Hall–Kier alpha value is -5.00. The summed E-state index contributed by atoms with van der Waals surface area (Å²) in [6.07, 6.45) is 18.6. The normalized spacial score (nSPS) is 15.2. The summed E-state index contributed by atoms with van der Waals surface area (Å²) in [5.74, 6) is 4.11. The molecule has 5 aromatic rings. The zero-order chi connectivity index (χ0) is 29.9. The molecule has 1 unspecified atom stereocenters. The fourth-order valence-electron chi connectivity index (χ4n) is 6.87. The van der Waals surface area contributed by atoms with Crippen LogP contribution in [0.25, 0.3) is 49.6 Å². The standard InChI is InChI=1S/C39H34N2.C2H4/c1-4-11-27-14-9-18-36-32-15-7-8-19-37(32)41(39(36)40-27)28-22-20-26(21-23-28)29-24-25-35-31(13-6-3)30(12-5-2)34-17-10-16-33(29)38(34)35;1-2/h3,5,7-10,12,14-17,19-25,27,40H,4,11,13,18H2,1-2H3;1-2H2/b12-5-;. The summed E-state index contributed by atoms with van der Waals surface area (Å²) in [5.41, 5.74) is 11.3. The van der Waals surface area contributed by atoms with Gasteiger partial charge in [-0.2, -0.15) is 0 Å². The summed E-state index contributed by atoms with van der Waals surface area (Å²) < 4.78 is 2.41. The number of fused-ring (bicyclic) bond motifs is 3. The third-order valence-electron chi connectivity index (χ3n) is 8.62. The molecule has 0 saturated heterocycles. The molecule has 1 atom stereocenters. The Morgan fingerprint density at radius 3 is 2.47 bits per heavy atom. The van der Waals surface area contributed by atoms with E-state index < -0.39 is 0 Å². The molecule has 2 aliphatic rings. The molecule has 1 N–H and O–H groups in total. The number of para-hydroxylation sites is 1. The molecule has 0 amide bonds. The van der Waals surface area contributed by atoms with Crippen molar-refractivity contribution in [2.24, 2.45) is 0 Å². The molecule has 1 aliphatic carbocycles. The Labute approximate surface area is 255 Å². The highest BCUT2D eigenvalue weighted by Crippen LogP contribution is 2.46. The van der Waals surface area contributed by atoms with Gasteiger partial charge < -0.3 is 5.32 Å². The maximum atomic E-state index is 5.79. The van der Waals surface area contributed by atoms with E-state index >= 15 is 0 Å². The Kier molecular flexibility index (Phi) is 7.91. The summed E-state index contributed by atoms with van der Waals surface area (Å²) in [6.45, 7) is 10.3. The largest absolute Gasteiger partial charge is 0.365 e. The van der Waals surface area contributed by atoms with Gasteiger partial charge in [0.2, 0.25) is 0 Å². The first-order valence-corrected chi connectivity index (χ1v) is 15.3. The van der Waals surface area contributed by atoms with E-state index in [9.17, 15) is 0 Å². The number of nitrogens with one attached hydrogen (secondary N) is 1. The van der Waals surface area contributed by atoms with E-state index in [0.717, 1.165) is 19.3 Å². The second-order valence-electron chi connectivity index (χ2n) is 11.1. The lowest BCUT2D eigenvalue weighted by Gasteiger charge is -2.19. The smallest absolute Gasteiger partial charge is 0.115 e. The number of benzene rings is 4. The predicted molar refractivity (Wildman–Crippen MR) is 188 cm³/mol. The first-order chi connectivity index (χ1) is 21.2. The van der Waals surface area contributed by atoms with E-state index in [0.29, 0.717) is 12.5 Å². The Morgan fingerprint density at radius 2 is 1.70 bits per heavy atom. The number of anilines is 1. The van der Waals surface area contributed by atoms with Gasteiger partial charge in [0.1, 0.15) is 5.82 Å². The SMILES string of the molecule is C#CCC1=C(/C=C\C)c2cccc3c(-c4ccc(-n5c6c(c7ccccc75)CC=CC(CCC)N6)cc4)ccc1c23.C=C. The van der Waals surface area contributed by atoms with Crippen molar-refractivity contribution in [3.63, 3.8) is 0 Å². The highest BCUT2D eigenvalue weighted by molar-refractivity contribution is 6.18. The molecule has 0 radical (unpaired) electrons. The van der Waals surface area contributed by atoms with E-state index in [4.69, 9.17) is 6.42 Å². The lowest BCUT2D eigenvalue weighted by Crippen LogP contribution is -2.18. The molecule has 0 bridgehead atoms. The summed E-state index contributed by atoms with van der Waals surface area (Å²) in [7, 11) is 0. The molecule has 0 saturated carbocycles. The van der Waals surface area contributed by atoms with Crippen LogP contribution in [0.4, 0.5) is 5.82 Å². The van der Waals surface area contributed by atoms with Gasteiger partial charge in [-0.15, -0.1) is 25.5 Å². The Morgan fingerprint density at radius 1 is 0.930 bits per heavy atom. The van der Waals surface area contributed by atoms with Crippen LogP contribution in [0.15, 0.2) is 116 Å². The first kappa shape index (κ1) is 28.1. The fourth-order valence-corrected chi connectivity index (χ4v) is 6.87. The topological polar surface area (TPSA) is 17.0 Å². The van der Waals surface area contributed by atoms with Crippen molar-refractivity contribution in [2.45, 2.75) is 45.6 Å². The van der Waals surface area contributed by atoms with Gasteiger partial charge in [-0.25, -0.2) is 0 Å². The van der Waals surface area contributed by atoms with Crippen LogP contribution in [0.5, 0.6) is 0 Å². The second-order valence-corrected chi connectivity index (χ2v) is 11.1. The minimum absolute atomic E-state index is 0.345. The molecule has 1 aliphatic heterocycles. The van der Waals surface area contributed by atoms with Crippen molar-refractivity contribution in [1.29, 1.82) is 0 Å². The summed E-state index contributed by atoms with van der Waals surface area (Å²) in [5, 5.41) is 7.80. The van der Waals surface area contributed by atoms with Crippen molar-refractivity contribution < 1.29 is 0 Å². The zero-order valence-electron chi connectivity index (χ0n) is 25.2. The Bertz CT molecular complexity index is 1950. The second kappa shape index (κ2) is 12.1.